The van der Waals surface area contributed by atoms with Crippen molar-refractivity contribution in [3.63, 3.8) is 0 Å². The monoisotopic (exact) mass is 297 g/mol. The van der Waals surface area contributed by atoms with Crippen LogP contribution in [0.25, 0.3) is 11.3 Å². The number of H-pyrrole nitrogens is 1. The van der Waals surface area contributed by atoms with Gasteiger partial charge in [0.1, 0.15) is 11.4 Å². The van der Waals surface area contributed by atoms with E-state index in [0.29, 0.717) is 0 Å². The van der Waals surface area contributed by atoms with E-state index in [1.54, 1.807) is 6.92 Å². The van der Waals surface area contributed by atoms with Gasteiger partial charge in [-0.25, -0.2) is 13.6 Å². The summed E-state index contributed by atoms with van der Waals surface area (Å²) in [6.07, 6.45) is 0. The Balaban J connectivity index is 2.61. The highest BCUT2D eigenvalue weighted by molar-refractivity contribution is 5.94. The largest absolute Gasteiger partial charge is 0.496 e. The summed E-state index contributed by atoms with van der Waals surface area (Å²) in [5.41, 5.74) is -0.559. The van der Waals surface area contributed by atoms with Gasteiger partial charge in [0.25, 0.3) is 0 Å². The van der Waals surface area contributed by atoms with Gasteiger partial charge in [-0.1, -0.05) is 0 Å². The fourth-order valence-electron chi connectivity index (χ4n) is 1.84. The number of esters is 1. The first-order chi connectivity index (χ1) is 10.0. The van der Waals surface area contributed by atoms with Crippen molar-refractivity contribution in [3.05, 3.63) is 29.0 Å². The van der Waals surface area contributed by atoms with Gasteiger partial charge in [0.05, 0.1) is 13.7 Å². The van der Waals surface area contributed by atoms with E-state index in [0.717, 1.165) is 0 Å². The van der Waals surface area contributed by atoms with Crippen LogP contribution in [-0.4, -0.2) is 35.1 Å². The summed E-state index contributed by atoms with van der Waals surface area (Å²) in [4.78, 5) is 11.7. The van der Waals surface area contributed by atoms with Crippen molar-refractivity contribution >= 4 is 5.97 Å². The van der Waals surface area contributed by atoms with Crippen LogP contribution in [0.4, 0.5) is 8.78 Å². The number of aromatic amines is 1. The van der Waals surface area contributed by atoms with Crippen LogP contribution in [0.5, 0.6) is 5.75 Å². The Morgan fingerprint density at radius 2 is 2.05 bits per heavy atom. The molecule has 1 N–H and O–H groups in total. The Labute approximate surface area is 119 Å². The van der Waals surface area contributed by atoms with Gasteiger partial charge >= 0.3 is 5.97 Å². The Morgan fingerprint density at radius 3 is 2.67 bits per heavy atom. The van der Waals surface area contributed by atoms with Crippen LogP contribution in [0, 0.1) is 18.6 Å². The second-order valence-corrected chi connectivity index (χ2v) is 4.12. The molecule has 21 heavy (non-hydrogen) atoms. The van der Waals surface area contributed by atoms with E-state index in [1.165, 1.54) is 20.1 Å². The lowest BCUT2D eigenvalue weighted by molar-refractivity contribution is 0.0520. The molecule has 2 rings (SSSR count). The molecule has 0 unspecified atom stereocenters. The van der Waals surface area contributed by atoms with Gasteiger partial charge in [-0.2, -0.15) is 10.3 Å². The molecule has 8 heteroatoms. The van der Waals surface area contributed by atoms with E-state index < -0.39 is 17.6 Å². The first kappa shape index (κ1) is 14.9. The summed E-state index contributed by atoms with van der Waals surface area (Å²) < 4.78 is 37.8. The summed E-state index contributed by atoms with van der Waals surface area (Å²) in [6, 6.07) is 1.26. The standard InChI is InChI=1S/C13H13F2N3O3/c1-4-21-13(19)12-11(16-18-17-12)7-5-8(20-3)6(2)9(14)10(7)15/h5H,4H2,1-3H3,(H,16,17,18). The Morgan fingerprint density at radius 1 is 1.33 bits per heavy atom. The molecule has 0 spiro atoms. The van der Waals surface area contributed by atoms with Crippen LogP contribution in [0.3, 0.4) is 0 Å². The lowest BCUT2D eigenvalue weighted by atomic mass is 10.1. The van der Waals surface area contributed by atoms with Crippen LogP contribution in [0.2, 0.25) is 0 Å². The molecule has 0 aliphatic heterocycles. The first-order valence-corrected chi connectivity index (χ1v) is 6.12. The molecule has 0 atom stereocenters. The molecule has 0 aliphatic rings. The van der Waals surface area contributed by atoms with Crippen LogP contribution in [-0.2, 0) is 4.74 Å². The molecule has 6 nitrogen and oxygen atoms in total. The molecule has 1 heterocycles. The maximum absolute atomic E-state index is 14.1. The maximum Gasteiger partial charge on any atom is 0.361 e. The van der Waals surface area contributed by atoms with E-state index >= 15 is 0 Å². The molecule has 2 aromatic rings. The van der Waals surface area contributed by atoms with Gasteiger partial charge in [0.2, 0.25) is 0 Å². The predicted octanol–water partition coefficient (Wildman–Crippen LogP) is 2.24. The van der Waals surface area contributed by atoms with Crippen LogP contribution < -0.4 is 4.74 Å². The van der Waals surface area contributed by atoms with Crippen molar-refractivity contribution in [2.24, 2.45) is 0 Å². The average Bonchev–Trinajstić information content (AvgIpc) is 2.95. The van der Waals surface area contributed by atoms with Crippen LogP contribution >= 0.6 is 0 Å². The summed E-state index contributed by atoms with van der Waals surface area (Å²) in [7, 11) is 1.33. The summed E-state index contributed by atoms with van der Waals surface area (Å²) >= 11 is 0. The third-order valence-corrected chi connectivity index (χ3v) is 2.90. The number of aromatic nitrogens is 3. The number of hydrogen-bond donors (Lipinski definition) is 1. The molecule has 0 bridgehead atoms. The van der Waals surface area contributed by atoms with Crippen molar-refractivity contribution in [1.82, 2.24) is 15.4 Å². The number of nitrogens with one attached hydrogen (secondary N) is 1. The number of rotatable bonds is 4. The van der Waals surface area contributed by atoms with Gasteiger partial charge in [-0.05, 0) is 19.9 Å². The Bertz CT molecular complexity index is 686. The highest BCUT2D eigenvalue weighted by Crippen LogP contribution is 2.32. The maximum atomic E-state index is 14.1. The Kier molecular flexibility index (Phi) is 4.15. The van der Waals surface area contributed by atoms with Crippen molar-refractivity contribution in [2.75, 3.05) is 13.7 Å². The smallest absolute Gasteiger partial charge is 0.361 e. The SMILES string of the molecule is CCOC(=O)c1n[nH]nc1-c1cc(OC)c(C)c(F)c1F. The van der Waals surface area contributed by atoms with E-state index in [-0.39, 0.29) is 34.9 Å². The van der Waals surface area contributed by atoms with Crippen molar-refractivity contribution in [2.45, 2.75) is 13.8 Å². The second kappa shape index (κ2) is 5.86. The fourth-order valence-corrected chi connectivity index (χ4v) is 1.84. The number of halogens is 2. The number of hydrogen-bond acceptors (Lipinski definition) is 5. The molecule has 0 amide bonds. The molecule has 1 aromatic heterocycles. The molecule has 0 radical (unpaired) electrons. The number of methoxy groups -OCH3 is 1. The quantitative estimate of drug-likeness (QED) is 0.876. The molecular weight excluding hydrogens is 284 g/mol. The van der Waals surface area contributed by atoms with E-state index in [2.05, 4.69) is 15.4 Å². The van der Waals surface area contributed by atoms with Gasteiger partial charge in [0.15, 0.2) is 17.3 Å². The van der Waals surface area contributed by atoms with E-state index in [4.69, 9.17) is 9.47 Å². The Hall–Kier alpha value is -2.51. The lowest BCUT2D eigenvalue weighted by Gasteiger charge is -2.10. The van der Waals surface area contributed by atoms with Gasteiger partial charge in [-0.15, -0.1) is 5.10 Å². The van der Waals surface area contributed by atoms with Crippen molar-refractivity contribution < 1.29 is 23.0 Å². The zero-order valence-electron chi connectivity index (χ0n) is 11.7. The highest BCUT2D eigenvalue weighted by Gasteiger charge is 2.25. The zero-order chi connectivity index (χ0) is 15.6. The number of benzene rings is 1. The molecule has 0 fully saturated rings. The average molecular weight is 297 g/mol. The zero-order valence-corrected chi connectivity index (χ0v) is 11.7. The fraction of sp³-hybridized carbons (Fsp3) is 0.308. The normalized spacial score (nSPS) is 10.5. The molecular formula is C13H13F2N3O3. The van der Waals surface area contributed by atoms with Gasteiger partial charge < -0.3 is 9.47 Å². The number of nitrogens with zero attached hydrogens (tertiary/aromatic N) is 2. The minimum Gasteiger partial charge on any atom is -0.496 e. The van der Waals surface area contributed by atoms with Crippen LogP contribution in [0.1, 0.15) is 23.0 Å². The van der Waals surface area contributed by atoms with Gasteiger partial charge in [-0.3, -0.25) is 0 Å². The van der Waals surface area contributed by atoms with E-state index in [9.17, 15) is 13.6 Å². The minimum absolute atomic E-state index is 0.0277. The van der Waals surface area contributed by atoms with Crippen molar-refractivity contribution in [1.29, 1.82) is 0 Å². The molecule has 112 valence electrons. The molecule has 1 aromatic carbocycles. The molecule has 0 aliphatic carbocycles. The number of ether oxygens (including phenoxy) is 2. The lowest BCUT2D eigenvalue weighted by Crippen LogP contribution is -2.08. The topological polar surface area (TPSA) is 77.1 Å². The number of carbonyl (C=O) groups is 1. The first-order valence-electron chi connectivity index (χ1n) is 6.12. The third-order valence-electron chi connectivity index (χ3n) is 2.90. The summed E-state index contributed by atoms with van der Waals surface area (Å²) in [5.74, 6) is -2.84. The number of carbonyl (C=O) groups excluding carboxylic acids is 1. The van der Waals surface area contributed by atoms with Gasteiger partial charge in [0, 0.05) is 11.1 Å². The van der Waals surface area contributed by atoms with Crippen LogP contribution in [0.15, 0.2) is 6.07 Å². The van der Waals surface area contributed by atoms with E-state index in [1.807, 2.05) is 0 Å². The highest BCUT2D eigenvalue weighted by atomic mass is 19.2. The predicted molar refractivity (Wildman–Crippen MR) is 69.0 cm³/mol. The molecule has 0 saturated carbocycles. The minimum atomic E-state index is -1.13. The molecule has 0 saturated heterocycles. The second-order valence-electron chi connectivity index (χ2n) is 4.12. The summed E-state index contributed by atoms with van der Waals surface area (Å²) in [5, 5.41) is 9.52. The third kappa shape index (κ3) is 2.56. The van der Waals surface area contributed by atoms with Crippen molar-refractivity contribution in [3.8, 4) is 17.0 Å². The summed E-state index contributed by atoms with van der Waals surface area (Å²) in [6.45, 7) is 3.13.